The van der Waals surface area contributed by atoms with Gasteiger partial charge in [-0.2, -0.15) is 4.31 Å². The highest BCUT2D eigenvalue weighted by Crippen LogP contribution is 2.18. The molecule has 0 radical (unpaired) electrons. The number of rotatable bonds is 5. The van der Waals surface area contributed by atoms with Crippen LogP contribution in [0.2, 0.25) is 0 Å². The molecule has 0 aliphatic carbocycles. The van der Waals surface area contributed by atoms with Gasteiger partial charge in [-0.25, -0.2) is 8.42 Å². The van der Waals surface area contributed by atoms with Crippen molar-refractivity contribution in [1.29, 1.82) is 0 Å². The molecule has 0 atom stereocenters. The Kier molecular flexibility index (Phi) is 5.40. The monoisotopic (exact) mass is 378 g/mol. The lowest BCUT2D eigenvalue weighted by Gasteiger charge is -2.33. The minimum atomic E-state index is -3.49. The molecule has 2 heterocycles. The number of carbonyl (C=O) groups is 1. The Morgan fingerprint density at radius 1 is 1.15 bits per heavy atom. The summed E-state index contributed by atoms with van der Waals surface area (Å²) in [6.45, 7) is 5.56. The number of piperazine rings is 1. The molecule has 9 heteroatoms. The Morgan fingerprint density at radius 2 is 1.81 bits per heavy atom. The average molecular weight is 378 g/mol. The zero-order valence-electron chi connectivity index (χ0n) is 14.8. The summed E-state index contributed by atoms with van der Waals surface area (Å²) in [6.07, 6.45) is 0. The second kappa shape index (κ2) is 7.56. The van der Waals surface area contributed by atoms with Crippen molar-refractivity contribution in [1.82, 2.24) is 14.4 Å². The van der Waals surface area contributed by atoms with Crippen LogP contribution in [0.3, 0.4) is 0 Å². The van der Waals surface area contributed by atoms with E-state index in [0.717, 1.165) is 5.56 Å². The van der Waals surface area contributed by atoms with Gasteiger partial charge in [-0.1, -0.05) is 22.9 Å². The van der Waals surface area contributed by atoms with Crippen molar-refractivity contribution < 1.29 is 17.7 Å². The number of anilines is 1. The highest BCUT2D eigenvalue weighted by molar-refractivity contribution is 7.89. The van der Waals surface area contributed by atoms with Gasteiger partial charge in [0.1, 0.15) is 0 Å². The van der Waals surface area contributed by atoms with E-state index in [9.17, 15) is 13.2 Å². The summed E-state index contributed by atoms with van der Waals surface area (Å²) in [5.41, 5.74) is 1.71. The van der Waals surface area contributed by atoms with Gasteiger partial charge in [-0.3, -0.25) is 15.0 Å². The molecular formula is C17H22N4O4S. The fourth-order valence-electron chi connectivity index (χ4n) is 2.79. The second-order valence-corrected chi connectivity index (χ2v) is 8.31. The molecular weight excluding hydrogens is 356 g/mol. The fourth-order valence-corrected chi connectivity index (χ4v) is 4.21. The third-order valence-corrected chi connectivity index (χ3v) is 6.16. The molecule has 1 aliphatic heterocycles. The molecule has 1 N–H and O–H groups in total. The lowest BCUT2D eigenvalue weighted by Crippen LogP contribution is -2.50. The van der Waals surface area contributed by atoms with Crippen LogP contribution in [0.15, 0.2) is 39.8 Å². The van der Waals surface area contributed by atoms with Crippen molar-refractivity contribution in [3.8, 4) is 0 Å². The second-order valence-electron chi connectivity index (χ2n) is 6.37. The van der Waals surface area contributed by atoms with Crippen LogP contribution in [0.4, 0.5) is 5.88 Å². The molecule has 1 fully saturated rings. The molecule has 0 bridgehead atoms. The molecule has 26 heavy (non-hydrogen) atoms. The molecule has 1 aliphatic rings. The van der Waals surface area contributed by atoms with Gasteiger partial charge in [0.05, 0.1) is 17.1 Å². The van der Waals surface area contributed by atoms with Gasteiger partial charge in [0.25, 0.3) is 0 Å². The van der Waals surface area contributed by atoms with E-state index in [0.29, 0.717) is 42.7 Å². The van der Waals surface area contributed by atoms with E-state index in [1.54, 1.807) is 37.3 Å². The van der Waals surface area contributed by atoms with Crippen LogP contribution in [-0.2, 0) is 14.8 Å². The smallest absolute Gasteiger partial charge is 0.243 e. The van der Waals surface area contributed by atoms with Gasteiger partial charge >= 0.3 is 0 Å². The van der Waals surface area contributed by atoms with Gasteiger partial charge in [0.15, 0.2) is 0 Å². The number of aromatic nitrogens is 1. The molecule has 3 rings (SSSR count). The van der Waals surface area contributed by atoms with E-state index < -0.39 is 10.0 Å². The van der Waals surface area contributed by atoms with E-state index in [4.69, 9.17) is 4.52 Å². The first-order chi connectivity index (χ1) is 12.3. The summed E-state index contributed by atoms with van der Waals surface area (Å²) in [6, 6.07) is 8.48. The Morgan fingerprint density at radius 3 is 2.38 bits per heavy atom. The summed E-state index contributed by atoms with van der Waals surface area (Å²) in [5, 5.41) is 6.35. The van der Waals surface area contributed by atoms with Crippen LogP contribution < -0.4 is 5.32 Å². The zero-order valence-corrected chi connectivity index (χ0v) is 15.6. The van der Waals surface area contributed by atoms with E-state index in [2.05, 4.69) is 10.5 Å². The maximum atomic E-state index is 12.7. The number of carbonyl (C=O) groups excluding carboxylic acids is 1. The van der Waals surface area contributed by atoms with Gasteiger partial charge in [-0.15, -0.1) is 0 Å². The molecule has 0 saturated carbocycles. The van der Waals surface area contributed by atoms with Crippen molar-refractivity contribution in [2.75, 3.05) is 38.0 Å². The number of benzene rings is 1. The third kappa shape index (κ3) is 4.29. The highest BCUT2D eigenvalue weighted by atomic mass is 32.2. The highest BCUT2D eigenvalue weighted by Gasteiger charge is 2.29. The van der Waals surface area contributed by atoms with Crippen molar-refractivity contribution in [3.63, 3.8) is 0 Å². The first-order valence-electron chi connectivity index (χ1n) is 8.37. The molecule has 1 aromatic heterocycles. The van der Waals surface area contributed by atoms with Crippen LogP contribution in [-0.4, -0.2) is 61.4 Å². The summed E-state index contributed by atoms with van der Waals surface area (Å²) in [4.78, 5) is 14.3. The average Bonchev–Trinajstić information content (AvgIpc) is 3.00. The molecule has 2 aromatic rings. The Labute approximate surface area is 152 Å². The molecule has 0 spiro atoms. The van der Waals surface area contributed by atoms with Crippen LogP contribution in [0.1, 0.15) is 11.3 Å². The first kappa shape index (κ1) is 18.6. The Hall–Kier alpha value is -2.23. The molecule has 1 saturated heterocycles. The number of aryl methyl sites for hydroxylation is 2. The predicted molar refractivity (Wildman–Crippen MR) is 96.2 cm³/mol. The molecule has 140 valence electrons. The number of hydrogen-bond donors (Lipinski definition) is 1. The lowest BCUT2D eigenvalue weighted by atomic mass is 10.2. The molecule has 0 unspecified atom stereocenters. The third-order valence-electron chi connectivity index (χ3n) is 4.25. The SMILES string of the molecule is Cc1ccc(S(=O)(=O)N2CCN(CC(=O)Nc3cc(C)no3)CC2)cc1. The van der Waals surface area contributed by atoms with Crippen molar-refractivity contribution in [3.05, 3.63) is 41.6 Å². The zero-order chi connectivity index (χ0) is 18.7. The van der Waals surface area contributed by atoms with Crippen LogP contribution in [0, 0.1) is 13.8 Å². The lowest BCUT2D eigenvalue weighted by molar-refractivity contribution is -0.117. The van der Waals surface area contributed by atoms with Gasteiger partial charge in [0, 0.05) is 32.2 Å². The van der Waals surface area contributed by atoms with Gasteiger partial charge in [-0.05, 0) is 26.0 Å². The first-order valence-corrected chi connectivity index (χ1v) is 9.81. The molecule has 8 nitrogen and oxygen atoms in total. The van der Waals surface area contributed by atoms with Gasteiger partial charge in [0.2, 0.25) is 21.8 Å². The summed E-state index contributed by atoms with van der Waals surface area (Å²) >= 11 is 0. The minimum Gasteiger partial charge on any atom is -0.338 e. The van der Waals surface area contributed by atoms with Crippen LogP contribution >= 0.6 is 0 Å². The number of sulfonamides is 1. The maximum Gasteiger partial charge on any atom is 0.243 e. The number of nitrogens with one attached hydrogen (secondary N) is 1. The van der Waals surface area contributed by atoms with E-state index in [-0.39, 0.29) is 12.5 Å². The van der Waals surface area contributed by atoms with Crippen molar-refractivity contribution in [2.45, 2.75) is 18.7 Å². The quantitative estimate of drug-likeness (QED) is 0.841. The normalized spacial score (nSPS) is 16.5. The predicted octanol–water partition coefficient (Wildman–Crippen LogP) is 1.24. The summed E-state index contributed by atoms with van der Waals surface area (Å²) in [5.74, 6) is 0.101. The fraction of sp³-hybridized carbons (Fsp3) is 0.412. The molecule has 1 aromatic carbocycles. The van der Waals surface area contributed by atoms with E-state index in [1.807, 2.05) is 11.8 Å². The van der Waals surface area contributed by atoms with E-state index in [1.165, 1.54) is 4.31 Å². The van der Waals surface area contributed by atoms with Crippen LogP contribution in [0.5, 0.6) is 0 Å². The van der Waals surface area contributed by atoms with Crippen molar-refractivity contribution in [2.24, 2.45) is 0 Å². The minimum absolute atomic E-state index is 0.179. The van der Waals surface area contributed by atoms with Crippen molar-refractivity contribution >= 4 is 21.8 Å². The standard InChI is InChI=1S/C17H22N4O4S/c1-13-3-5-15(6-4-13)26(23,24)21-9-7-20(8-10-21)12-16(22)18-17-11-14(2)19-25-17/h3-6,11H,7-10,12H2,1-2H3,(H,18,22). The largest absolute Gasteiger partial charge is 0.338 e. The molecule has 1 amide bonds. The summed E-state index contributed by atoms with van der Waals surface area (Å²) in [7, 11) is -3.49. The number of amides is 1. The summed E-state index contributed by atoms with van der Waals surface area (Å²) < 4.78 is 31.8. The van der Waals surface area contributed by atoms with Gasteiger partial charge < -0.3 is 4.52 Å². The Balaban J connectivity index is 1.53. The number of nitrogens with zero attached hydrogens (tertiary/aromatic N) is 3. The number of hydrogen-bond acceptors (Lipinski definition) is 6. The Bertz CT molecular complexity index is 868. The van der Waals surface area contributed by atoms with E-state index >= 15 is 0 Å². The maximum absolute atomic E-state index is 12.7. The van der Waals surface area contributed by atoms with Crippen LogP contribution in [0.25, 0.3) is 0 Å². The topological polar surface area (TPSA) is 95.8 Å².